The third-order valence-corrected chi connectivity index (χ3v) is 4.94. The van der Waals surface area contributed by atoms with Gasteiger partial charge in [0.25, 0.3) is 0 Å². The van der Waals surface area contributed by atoms with Gasteiger partial charge in [-0.2, -0.15) is 0 Å². The summed E-state index contributed by atoms with van der Waals surface area (Å²) >= 11 is 0. The molecule has 6 heteroatoms. The summed E-state index contributed by atoms with van der Waals surface area (Å²) < 4.78 is 4.95. The number of benzene rings is 3. The third-order valence-electron chi connectivity index (χ3n) is 4.94. The minimum absolute atomic E-state index is 0.261. The van der Waals surface area contributed by atoms with Crippen molar-refractivity contribution in [2.45, 2.75) is 25.8 Å². The second-order valence-electron chi connectivity index (χ2n) is 7.27. The largest absolute Gasteiger partial charge is 0.462 e. The fourth-order valence-electron chi connectivity index (χ4n) is 3.30. The molecule has 0 aliphatic heterocycles. The summed E-state index contributed by atoms with van der Waals surface area (Å²) in [6, 6.07) is 24.6. The first-order valence-corrected chi connectivity index (χ1v) is 10.5. The Morgan fingerprint density at radius 1 is 0.781 bits per heavy atom. The molecule has 0 heterocycles. The number of hydrogen-bond donors (Lipinski definition) is 2. The van der Waals surface area contributed by atoms with Crippen molar-refractivity contribution in [3.8, 4) is 0 Å². The average Bonchev–Trinajstić information content (AvgIpc) is 2.81. The van der Waals surface area contributed by atoms with Crippen LogP contribution >= 0.6 is 0 Å². The number of nitrogens with one attached hydrogen (secondary N) is 2. The molecule has 1 unspecified atom stereocenters. The molecule has 3 aromatic rings. The number of rotatable bonds is 8. The molecule has 164 valence electrons. The summed E-state index contributed by atoms with van der Waals surface area (Å²) in [5, 5.41) is 5.58. The first-order valence-electron chi connectivity index (χ1n) is 10.5. The van der Waals surface area contributed by atoms with Crippen LogP contribution < -0.4 is 10.6 Å². The van der Waals surface area contributed by atoms with Crippen LogP contribution in [-0.4, -0.2) is 30.4 Å². The maximum absolute atomic E-state index is 13.2. The van der Waals surface area contributed by atoms with E-state index in [1.54, 1.807) is 38.1 Å². The Kier molecular flexibility index (Phi) is 7.75. The molecule has 6 nitrogen and oxygen atoms in total. The van der Waals surface area contributed by atoms with Crippen molar-refractivity contribution in [3.63, 3.8) is 0 Å². The van der Waals surface area contributed by atoms with Crippen LogP contribution in [0.4, 0.5) is 5.69 Å². The molecule has 0 aromatic heterocycles. The normalized spacial score (nSPS) is 11.5. The molecule has 3 aromatic carbocycles. The van der Waals surface area contributed by atoms with Gasteiger partial charge in [-0.25, -0.2) is 4.79 Å². The number of esters is 1. The van der Waals surface area contributed by atoms with E-state index in [-0.39, 0.29) is 11.8 Å². The molecule has 0 aliphatic rings. The number of anilines is 1. The number of amides is 2. The Labute approximate surface area is 187 Å². The van der Waals surface area contributed by atoms with E-state index < -0.39 is 17.9 Å². The van der Waals surface area contributed by atoms with Crippen LogP contribution in [0.15, 0.2) is 84.9 Å². The van der Waals surface area contributed by atoms with E-state index in [2.05, 4.69) is 10.6 Å². The zero-order valence-corrected chi connectivity index (χ0v) is 18.1. The lowest BCUT2D eigenvalue weighted by molar-refractivity contribution is -0.126. The third kappa shape index (κ3) is 5.82. The van der Waals surface area contributed by atoms with Gasteiger partial charge in [-0.15, -0.1) is 0 Å². The van der Waals surface area contributed by atoms with Gasteiger partial charge >= 0.3 is 5.97 Å². The van der Waals surface area contributed by atoms with Crippen LogP contribution in [0.5, 0.6) is 0 Å². The van der Waals surface area contributed by atoms with Crippen molar-refractivity contribution in [1.82, 2.24) is 5.32 Å². The Balaban J connectivity index is 1.68. The Bertz CT molecular complexity index is 1010. The summed E-state index contributed by atoms with van der Waals surface area (Å²) in [6.45, 7) is 3.66. The average molecular weight is 431 g/mol. The van der Waals surface area contributed by atoms with E-state index in [0.717, 1.165) is 11.1 Å². The molecule has 1 atom stereocenters. The van der Waals surface area contributed by atoms with E-state index in [0.29, 0.717) is 17.9 Å². The smallest absolute Gasteiger partial charge is 0.338 e. The van der Waals surface area contributed by atoms with Crippen LogP contribution in [0.3, 0.4) is 0 Å². The molecule has 0 radical (unpaired) electrons. The first kappa shape index (κ1) is 22.7. The number of hydrogen-bond acceptors (Lipinski definition) is 4. The zero-order chi connectivity index (χ0) is 22.9. The predicted molar refractivity (Wildman–Crippen MR) is 123 cm³/mol. The molecule has 0 spiro atoms. The van der Waals surface area contributed by atoms with Crippen molar-refractivity contribution in [3.05, 3.63) is 102 Å². The molecule has 0 saturated heterocycles. The van der Waals surface area contributed by atoms with Crippen LogP contribution in [0.2, 0.25) is 0 Å². The van der Waals surface area contributed by atoms with E-state index in [9.17, 15) is 14.4 Å². The monoisotopic (exact) mass is 430 g/mol. The summed E-state index contributed by atoms with van der Waals surface area (Å²) in [7, 11) is 0. The molecular weight excluding hydrogens is 404 g/mol. The van der Waals surface area contributed by atoms with E-state index in [1.165, 1.54) is 0 Å². The van der Waals surface area contributed by atoms with Gasteiger partial charge in [-0.3, -0.25) is 9.59 Å². The van der Waals surface area contributed by atoms with E-state index in [4.69, 9.17) is 4.74 Å². The van der Waals surface area contributed by atoms with Crippen molar-refractivity contribution < 1.29 is 19.1 Å². The van der Waals surface area contributed by atoms with Gasteiger partial charge < -0.3 is 15.4 Å². The molecule has 3 rings (SSSR count). The molecule has 0 fully saturated rings. The van der Waals surface area contributed by atoms with Crippen molar-refractivity contribution in [1.29, 1.82) is 0 Å². The Hall–Kier alpha value is -3.93. The highest BCUT2D eigenvalue weighted by atomic mass is 16.5. The lowest BCUT2D eigenvalue weighted by Gasteiger charge is -2.21. The molecule has 0 saturated carbocycles. The maximum atomic E-state index is 13.2. The SMILES string of the molecule is CCOC(=O)c1ccc(NC(=O)C(C)NC(=O)C(c2ccccc2)c2ccccc2)cc1. The van der Waals surface area contributed by atoms with Gasteiger partial charge in [0.05, 0.1) is 18.1 Å². The highest BCUT2D eigenvalue weighted by molar-refractivity contribution is 5.99. The summed E-state index contributed by atoms with van der Waals surface area (Å²) in [5.41, 5.74) is 2.61. The van der Waals surface area contributed by atoms with Gasteiger partial charge in [0.2, 0.25) is 11.8 Å². The summed E-state index contributed by atoms with van der Waals surface area (Å²) in [5.74, 6) is -1.57. The maximum Gasteiger partial charge on any atom is 0.338 e. The van der Waals surface area contributed by atoms with Crippen LogP contribution in [0.25, 0.3) is 0 Å². The van der Waals surface area contributed by atoms with Crippen LogP contribution in [0.1, 0.15) is 41.3 Å². The fraction of sp³-hybridized carbons (Fsp3) is 0.192. The van der Waals surface area contributed by atoms with Gasteiger partial charge in [-0.05, 0) is 49.2 Å². The molecule has 0 aliphatic carbocycles. The van der Waals surface area contributed by atoms with E-state index in [1.807, 2.05) is 60.7 Å². The minimum atomic E-state index is -0.762. The predicted octanol–water partition coefficient (Wildman–Crippen LogP) is 4.14. The van der Waals surface area contributed by atoms with Gasteiger partial charge in [-0.1, -0.05) is 60.7 Å². The lowest BCUT2D eigenvalue weighted by atomic mass is 9.90. The highest BCUT2D eigenvalue weighted by Crippen LogP contribution is 2.25. The molecule has 0 bridgehead atoms. The Morgan fingerprint density at radius 2 is 1.31 bits per heavy atom. The molecule has 32 heavy (non-hydrogen) atoms. The highest BCUT2D eigenvalue weighted by Gasteiger charge is 2.25. The van der Waals surface area contributed by atoms with Crippen LogP contribution in [-0.2, 0) is 14.3 Å². The fourth-order valence-corrected chi connectivity index (χ4v) is 3.30. The zero-order valence-electron chi connectivity index (χ0n) is 18.1. The number of carbonyl (C=O) groups is 3. The van der Waals surface area contributed by atoms with Gasteiger partial charge in [0, 0.05) is 5.69 Å². The Morgan fingerprint density at radius 3 is 1.81 bits per heavy atom. The second kappa shape index (κ2) is 10.9. The molecule has 2 N–H and O–H groups in total. The minimum Gasteiger partial charge on any atom is -0.462 e. The topological polar surface area (TPSA) is 84.5 Å². The summed E-state index contributed by atoms with van der Waals surface area (Å²) in [6.07, 6.45) is 0. The quantitative estimate of drug-likeness (QED) is 0.526. The van der Waals surface area contributed by atoms with Gasteiger partial charge in [0.1, 0.15) is 6.04 Å². The van der Waals surface area contributed by atoms with Crippen molar-refractivity contribution in [2.75, 3.05) is 11.9 Å². The van der Waals surface area contributed by atoms with Gasteiger partial charge in [0.15, 0.2) is 0 Å². The first-order chi connectivity index (χ1) is 15.5. The summed E-state index contributed by atoms with van der Waals surface area (Å²) in [4.78, 5) is 37.5. The lowest BCUT2D eigenvalue weighted by Crippen LogP contribution is -2.43. The number of carbonyl (C=O) groups excluding carboxylic acids is 3. The van der Waals surface area contributed by atoms with Crippen LogP contribution in [0, 0.1) is 0 Å². The molecule has 2 amide bonds. The van der Waals surface area contributed by atoms with E-state index >= 15 is 0 Å². The van der Waals surface area contributed by atoms with Crippen molar-refractivity contribution in [2.24, 2.45) is 0 Å². The number of ether oxygens (including phenoxy) is 1. The van der Waals surface area contributed by atoms with Crippen molar-refractivity contribution >= 4 is 23.5 Å². The standard InChI is InChI=1S/C26H26N2O4/c1-3-32-26(31)21-14-16-22(17-15-21)28-24(29)18(2)27-25(30)23(19-10-6-4-7-11-19)20-12-8-5-9-13-20/h4-18,23H,3H2,1-2H3,(H,27,30)(H,28,29). The second-order valence-corrected chi connectivity index (χ2v) is 7.27. The molecular formula is C26H26N2O4.